The van der Waals surface area contributed by atoms with Crippen molar-refractivity contribution in [1.82, 2.24) is 25.2 Å². The Hall–Kier alpha value is -3.89. The molecular formula is C25H32N6O5. The highest BCUT2D eigenvalue weighted by atomic mass is 16.6. The highest BCUT2D eigenvalue weighted by Gasteiger charge is 2.38. The van der Waals surface area contributed by atoms with Gasteiger partial charge in [-0.3, -0.25) is 9.48 Å². The van der Waals surface area contributed by atoms with Crippen LogP contribution in [-0.2, 0) is 16.1 Å². The number of aromatic nitrogens is 3. The highest BCUT2D eigenvalue weighted by Crippen LogP contribution is 2.24. The number of alkyl carbamates (subject to hydrolysis) is 1. The average Bonchev–Trinajstić information content (AvgIpc) is 3.45. The molecule has 1 aliphatic heterocycles. The number of urea groups is 1. The van der Waals surface area contributed by atoms with E-state index in [1.165, 1.54) is 11.1 Å². The van der Waals surface area contributed by atoms with Gasteiger partial charge in [-0.15, -0.1) is 0 Å². The molecule has 11 nitrogen and oxygen atoms in total. The van der Waals surface area contributed by atoms with E-state index in [1.54, 1.807) is 10.9 Å². The molecule has 36 heavy (non-hydrogen) atoms. The van der Waals surface area contributed by atoms with Crippen LogP contribution in [0.25, 0.3) is 0 Å². The van der Waals surface area contributed by atoms with Crippen LogP contribution in [0.15, 0.2) is 40.7 Å². The predicted octanol–water partition coefficient (Wildman–Crippen LogP) is 3.33. The zero-order valence-electron chi connectivity index (χ0n) is 21.3. The van der Waals surface area contributed by atoms with Crippen molar-refractivity contribution in [3.8, 4) is 0 Å². The molecular weight excluding hydrogens is 464 g/mol. The molecule has 1 saturated heterocycles. The van der Waals surface area contributed by atoms with E-state index in [4.69, 9.17) is 9.26 Å². The molecule has 0 bridgehead atoms. The van der Waals surface area contributed by atoms with Crippen molar-refractivity contribution in [2.75, 3.05) is 24.5 Å². The third kappa shape index (κ3) is 5.84. The Kier molecular flexibility index (Phi) is 7.00. The smallest absolute Gasteiger partial charge is 0.407 e. The Morgan fingerprint density at radius 3 is 2.72 bits per heavy atom. The van der Waals surface area contributed by atoms with Crippen LogP contribution in [0.4, 0.5) is 15.3 Å². The number of carbonyl (C=O) groups is 3. The number of anilines is 1. The van der Waals surface area contributed by atoms with E-state index in [0.29, 0.717) is 31.1 Å². The maximum Gasteiger partial charge on any atom is 0.407 e. The minimum absolute atomic E-state index is 0.0140. The monoisotopic (exact) mass is 496 g/mol. The number of nitrogens with one attached hydrogen (secondary N) is 1. The molecule has 1 atom stereocenters. The van der Waals surface area contributed by atoms with Gasteiger partial charge < -0.3 is 19.5 Å². The van der Waals surface area contributed by atoms with Gasteiger partial charge in [0.1, 0.15) is 17.9 Å². The van der Waals surface area contributed by atoms with E-state index in [9.17, 15) is 14.4 Å². The molecule has 0 radical (unpaired) electrons. The number of hydrogen-bond acceptors (Lipinski definition) is 7. The number of rotatable bonds is 7. The van der Waals surface area contributed by atoms with Gasteiger partial charge in [0.05, 0.1) is 24.1 Å². The van der Waals surface area contributed by atoms with Gasteiger partial charge in [-0.25, -0.2) is 14.5 Å². The lowest BCUT2D eigenvalue weighted by molar-refractivity contribution is -0.116. The minimum atomic E-state index is -0.559. The number of aryl methyl sites for hydroxylation is 2. The van der Waals surface area contributed by atoms with Gasteiger partial charge in [-0.1, -0.05) is 23.4 Å². The predicted molar refractivity (Wildman–Crippen MR) is 131 cm³/mol. The molecule has 2 aromatic rings. The largest absolute Gasteiger partial charge is 0.444 e. The number of nitrogens with zero attached hydrogens (tertiary/aromatic N) is 5. The first-order chi connectivity index (χ1) is 17.0. The van der Waals surface area contributed by atoms with Gasteiger partial charge in [0.15, 0.2) is 0 Å². The fourth-order valence-corrected chi connectivity index (χ4v) is 4.19. The van der Waals surface area contributed by atoms with Crippen molar-refractivity contribution in [3.05, 3.63) is 53.2 Å². The van der Waals surface area contributed by atoms with Crippen LogP contribution in [-0.4, -0.2) is 63.1 Å². The van der Waals surface area contributed by atoms with E-state index in [1.807, 2.05) is 52.8 Å². The summed E-state index contributed by atoms with van der Waals surface area (Å²) in [4.78, 5) is 40.4. The Balaban J connectivity index is 1.36. The molecule has 0 saturated carbocycles. The third-order valence-electron chi connectivity index (χ3n) is 5.92. The average molecular weight is 497 g/mol. The van der Waals surface area contributed by atoms with Crippen LogP contribution in [0.5, 0.6) is 0 Å². The summed E-state index contributed by atoms with van der Waals surface area (Å²) in [5.74, 6) is 0.475. The summed E-state index contributed by atoms with van der Waals surface area (Å²) >= 11 is 0. The zero-order chi connectivity index (χ0) is 26.0. The van der Waals surface area contributed by atoms with E-state index in [2.05, 4.69) is 15.6 Å². The van der Waals surface area contributed by atoms with Crippen molar-refractivity contribution in [2.24, 2.45) is 5.92 Å². The van der Waals surface area contributed by atoms with Crippen molar-refractivity contribution in [2.45, 2.75) is 53.2 Å². The van der Waals surface area contributed by atoms with E-state index in [0.717, 1.165) is 28.2 Å². The molecule has 2 aromatic heterocycles. The summed E-state index contributed by atoms with van der Waals surface area (Å²) in [5.41, 5.74) is 2.47. The quantitative estimate of drug-likeness (QED) is 0.583. The molecule has 4 rings (SSSR count). The molecule has 1 unspecified atom stereocenters. The summed E-state index contributed by atoms with van der Waals surface area (Å²) in [7, 11) is 0. The maximum atomic E-state index is 13.1. The molecule has 0 spiro atoms. The minimum Gasteiger partial charge on any atom is -0.444 e. The van der Waals surface area contributed by atoms with Gasteiger partial charge in [-0.05, 0) is 52.5 Å². The van der Waals surface area contributed by atoms with Crippen molar-refractivity contribution < 1.29 is 23.6 Å². The van der Waals surface area contributed by atoms with Crippen LogP contribution in [0.2, 0.25) is 0 Å². The number of hydrogen-bond donors (Lipinski definition) is 1. The standard InChI is InChI=1S/C25H32N6O5/c1-16-21(17(2)36-28-16)14-30-13-20(11-27-30)31-22(32)15-29(24(31)34)12-19-8-6-7-18(9-19)10-26-23(33)35-25(3,4)5/h6,8-9,11,13,18H,7,10,12,14-15H2,1-5H3,(H,26,33). The van der Waals surface area contributed by atoms with Crippen molar-refractivity contribution in [3.63, 3.8) is 0 Å². The van der Waals surface area contributed by atoms with E-state index in [-0.39, 0.29) is 24.4 Å². The Morgan fingerprint density at radius 1 is 1.25 bits per heavy atom. The van der Waals surface area contributed by atoms with Crippen molar-refractivity contribution >= 4 is 23.7 Å². The first-order valence-electron chi connectivity index (χ1n) is 11.9. The number of allylic oxidation sites excluding steroid dienone is 1. The van der Waals surface area contributed by atoms with Crippen LogP contribution >= 0.6 is 0 Å². The SMILES string of the molecule is Cc1noc(C)c1Cn1cc(N2C(=O)CN(CC3=CC(CNC(=O)OC(C)(C)C)CC=C3)C2=O)cn1. The molecule has 0 aromatic carbocycles. The summed E-state index contributed by atoms with van der Waals surface area (Å²) < 4.78 is 12.1. The molecule has 1 N–H and O–H groups in total. The second kappa shape index (κ2) is 10.00. The Morgan fingerprint density at radius 2 is 2.03 bits per heavy atom. The van der Waals surface area contributed by atoms with E-state index < -0.39 is 11.7 Å². The fourth-order valence-electron chi connectivity index (χ4n) is 4.19. The normalized spacial score (nSPS) is 18.1. The first kappa shape index (κ1) is 25.2. The van der Waals surface area contributed by atoms with Gasteiger partial charge in [0.2, 0.25) is 0 Å². The second-order valence-corrected chi connectivity index (χ2v) is 10.1. The third-order valence-corrected chi connectivity index (χ3v) is 5.92. The van der Waals surface area contributed by atoms with Crippen molar-refractivity contribution in [1.29, 1.82) is 0 Å². The topological polar surface area (TPSA) is 123 Å². The van der Waals surface area contributed by atoms with Gasteiger partial charge in [0, 0.05) is 24.8 Å². The number of carbonyl (C=O) groups excluding carboxylic acids is 3. The summed E-state index contributed by atoms with van der Waals surface area (Å²) in [6, 6.07) is -0.389. The number of amides is 4. The Bertz CT molecular complexity index is 1200. The van der Waals surface area contributed by atoms with Gasteiger partial charge >= 0.3 is 12.1 Å². The Labute approximate surface area is 209 Å². The van der Waals surface area contributed by atoms with Crippen LogP contribution in [0, 0.1) is 19.8 Å². The lowest BCUT2D eigenvalue weighted by atomic mass is 9.96. The molecule has 3 heterocycles. The molecule has 1 fully saturated rings. The first-order valence-corrected chi connectivity index (χ1v) is 11.9. The summed E-state index contributed by atoms with van der Waals surface area (Å²) in [6.07, 6.45) is 9.47. The summed E-state index contributed by atoms with van der Waals surface area (Å²) in [5, 5.41) is 11.0. The van der Waals surface area contributed by atoms with Gasteiger partial charge in [0.25, 0.3) is 5.91 Å². The lowest BCUT2D eigenvalue weighted by Crippen LogP contribution is -2.36. The zero-order valence-corrected chi connectivity index (χ0v) is 21.3. The lowest BCUT2D eigenvalue weighted by Gasteiger charge is -2.23. The molecule has 11 heteroatoms. The molecule has 4 amide bonds. The molecule has 192 valence electrons. The molecule has 1 aliphatic carbocycles. The van der Waals surface area contributed by atoms with E-state index >= 15 is 0 Å². The maximum absolute atomic E-state index is 13.1. The fraction of sp³-hybridized carbons (Fsp3) is 0.480. The van der Waals surface area contributed by atoms with Gasteiger partial charge in [-0.2, -0.15) is 5.10 Å². The second-order valence-electron chi connectivity index (χ2n) is 10.1. The van der Waals surface area contributed by atoms with Crippen LogP contribution in [0.3, 0.4) is 0 Å². The number of ether oxygens (including phenoxy) is 1. The molecule has 2 aliphatic rings. The van der Waals surface area contributed by atoms with Crippen LogP contribution < -0.4 is 10.2 Å². The highest BCUT2D eigenvalue weighted by molar-refractivity contribution is 6.19. The number of imide groups is 1. The summed E-state index contributed by atoms with van der Waals surface area (Å²) in [6.45, 7) is 10.3. The van der Waals surface area contributed by atoms with Crippen LogP contribution in [0.1, 0.15) is 44.2 Å².